The molecule has 0 N–H and O–H groups in total. The first-order valence-electron chi connectivity index (χ1n) is 23.6. The van der Waals surface area contributed by atoms with Gasteiger partial charge in [0.25, 0.3) is 0 Å². The van der Waals surface area contributed by atoms with Crippen LogP contribution in [-0.4, -0.2) is 3.21 Å². The monoisotopic (exact) mass is 972 g/mol. The third-order valence-corrected chi connectivity index (χ3v) is 19.7. The quantitative estimate of drug-likeness (QED) is 0.269. The summed E-state index contributed by atoms with van der Waals surface area (Å²) in [7, 11) is 0. The Morgan fingerprint density at radius 3 is 1.42 bits per heavy atom. The summed E-state index contributed by atoms with van der Waals surface area (Å²) in [6.07, 6.45) is 38.3. The molecule has 0 amide bonds. The minimum atomic E-state index is 0. The van der Waals surface area contributed by atoms with E-state index in [1.807, 2.05) is 0 Å². The van der Waals surface area contributed by atoms with Crippen molar-refractivity contribution in [3.05, 3.63) is 173 Å². The van der Waals surface area contributed by atoms with E-state index in [1.165, 1.54) is 67.3 Å². The second-order valence-electron chi connectivity index (χ2n) is 23.9. The van der Waals surface area contributed by atoms with E-state index in [4.69, 9.17) is 0 Å². The van der Waals surface area contributed by atoms with Crippen molar-refractivity contribution in [2.45, 2.75) is 142 Å². The van der Waals surface area contributed by atoms with Gasteiger partial charge in [0.15, 0.2) is 0 Å². The fourth-order valence-corrected chi connectivity index (χ4v) is 13.7. The SMILES string of the molecule is CC(C)(C)c1ccc([C](=[Zr+2])c2ccc(C(C)(C)C)cc2)cc1.CC1=CC=CC2[CH-]C3(C)C4(C)C=CC=CC4(C)C4(C)C=CC=CC4(C)C3(C)C12C.CCC1[C-]=CC(C(C)(C)C)=C1.[Cl-].[Cl-]. The number of fused-ring (bicyclic) bond motifs is 8. The summed E-state index contributed by atoms with van der Waals surface area (Å²) in [5, 5.41) is 0. The van der Waals surface area contributed by atoms with Crippen molar-refractivity contribution in [1.29, 1.82) is 0 Å². The molecule has 0 nitrogen and oxygen atoms in total. The summed E-state index contributed by atoms with van der Waals surface area (Å²) in [6.45, 7) is 42.8. The van der Waals surface area contributed by atoms with Crippen LogP contribution in [0.15, 0.2) is 139 Å². The first kappa shape index (κ1) is 54.3. The number of halogens is 2. The molecular weight excluding hydrogens is 895 g/mol. The van der Waals surface area contributed by atoms with Crippen LogP contribution in [0.25, 0.3) is 0 Å². The Hall–Kier alpha value is -2.31. The largest absolute Gasteiger partial charge is 1.00 e. The molecule has 3 heteroatoms. The molecule has 0 spiro atoms. The van der Waals surface area contributed by atoms with Crippen LogP contribution in [0.4, 0.5) is 0 Å². The van der Waals surface area contributed by atoms with Crippen molar-refractivity contribution in [2.75, 3.05) is 0 Å². The zero-order chi connectivity index (χ0) is 46.2. The van der Waals surface area contributed by atoms with E-state index in [1.54, 1.807) is 0 Å². The average Bonchev–Trinajstić information content (AvgIpc) is 3.78. The molecule has 0 saturated heterocycles. The van der Waals surface area contributed by atoms with Crippen molar-refractivity contribution in [2.24, 2.45) is 55.2 Å². The maximum absolute atomic E-state index is 3.35. The van der Waals surface area contributed by atoms with Gasteiger partial charge >= 0.3 is 151 Å². The van der Waals surface area contributed by atoms with Gasteiger partial charge in [0, 0.05) is 10.8 Å². The summed E-state index contributed by atoms with van der Waals surface area (Å²) in [6, 6.07) is 18.1. The van der Waals surface area contributed by atoms with Crippen LogP contribution in [0.5, 0.6) is 0 Å². The van der Waals surface area contributed by atoms with Crippen molar-refractivity contribution in [3.63, 3.8) is 0 Å². The summed E-state index contributed by atoms with van der Waals surface area (Å²) in [5.74, 6) is 1.03. The van der Waals surface area contributed by atoms with Gasteiger partial charge in [0.1, 0.15) is 0 Å². The number of benzene rings is 2. The van der Waals surface area contributed by atoms with E-state index >= 15 is 0 Å². The predicted octanol–water partition coefficient (Wildman–Crippen LogP) is 10.4. The number of hydrogen-bond donors (Lipinski definition) is 0. The smallest absolute Gasteiger partial charge is 0.00455 e. The number of rotatable bonds is 3. The fraction of sp³-hybridized carbons (Fsp3) is 0.508. The van der Waals surface area contributed by atoms with Gasteiger partial charge in [-0.3, -0.25) is 6.08 Å². The molecule has 2 aromatic rings. The van der Waals surface area contributed by atoms with Crippen LogP contribution in [0.2, 0.25) is 0 Å². The van der Waals surface area contributed by atoms with E-state index < -0.39 is 0 Å². The summed E-state index contributed by atoms with van der Waals surface area (Å²) >= 11 is 1.46. The maximum atomic E-state index is 3.35. The Labute approximate surface area is 419 Å². The molecule has 8 rings (SSSR count). The Bertz CT molecular complexity index is 2230. The van der Waals surface area contributed by atoms with Crippen LogP contribution in [0.3, 0.4) is 0 Å². The normalized spacial score (nSPS) is 35.1. The van der Waals surface area contributed by atoms with E-state index in [9.17, 15) is 0 Å². The van der Waals surface area contributed by atoms with Gasteiger partial charge in [-0.1, -0.05) is 160 Å². The standard InChI is InChI=1S/C29H37.C21H26.C11H17.2ClH.Zr/c1-21-14-13-15-22-20-27(6)25(4)18-10-9-16-23(25,2)24(3)17-11-12-19-26(24,5)29(27,8)28(21,22)7;1-20(2,3)18-11-7-16(8-12-18)15-17-9-13-19(14-10-17)21(4,5)6;1-5-9-6-7-10(8-9)11(2,3)4;;;/h9-20,22H,1-8H3;7-14H,1-6H3;7-9H,5H2,1-4H3;2*1H;/q-1;;-1;;;+2/p-2. The molecule has 2 saturated carbocycles. The molecule has 2 aromatic carbocycles. The van der Waals surface area contributed by atoms with E-state index in [2.05, 4.69) is 265 Å². The Balaban J connectivity index is 0.000000228. The van der Waals surface area contributed by atoms with Crippen LogP contribution >= 0.6 is 0 Å². The molecule has 0 aromatic heterocycles. The number of allylic oxidation sites excluding steroid dienone is 16. The Morgan fingerprint density at radius 2 is 1.03 bits per heavy atom. The van der Waals surface area contributed by atoms with Crippen LogP contribution in [-0.2, 0) is 35.1 Å². The average molecular weight is 975 g/mol. The van der Waals surface area contributed by atoms with E-state index in [0.717, 1.165) is 0 Å². The number of hydrogen-bond acceptors (Lipinski definition) is 0. The van der Waals surface area contributed by atoms with Gasteiger partial charge in [-0.05, 0) is 28.6 Å². The van der Waals surface area contributed by atoms with Crippen LogP contribution < -0.4 is 24.8 Å². The van der Waals surface area contributed by atoms with Gasteiger partial charge in [0.2, 0.25) is 0 Å². The molecule has 9 unspecified atom stereocenters. The van der Waals surface area contributed by atoms with Crippen molar-refractivity contribution in [3.8, 4) is 0 Å². The molecule has 2 fully saturated rings. The predicted molar refractivity (Wildman–Crippen MR) is 267 cm³/mol. The minimum Gasteiger partial charge on any atom is -1.00 e. The topological polar surface area (TPSA) is 0 Å². The first-order chi connectivity index (χ1) is 28.5. The van der Waals surface area contributed by atoms with Crippen molar-refractivity contribution >= 4 is 3.21 Å². The van der Waals surface area contributed by atoms with Crippen LogP contribution in [0, 0.1) is 67.7 Å². The Morgan fingerprint density at radius 1 is 0.609 bits per heavy atom. The molecule has 0 radical (unpaired) electrons. The first-order valence-corrected chi connectivity index (χ1v) is 24.8. The van der Waals surface area contributed by atoms with E-state index in [0.29, 0.717) is 17.3 Å². The minimum absolute atomic E-state index is 0. The van der Waals surface area contributed by atoms with Crippen molar-refractivity contribution < 1.29 is 49.0 Å². The maximum Gasteiger partial charge on any atom is 0.00455 e. The van der Waals surface area contributed by atoms with Crippen molar-refractivity contribution in [1.82, 2.24) is 0 Å². The second kappa shape index (κ2) is 18.3. The fourth-order valence-electron chi connectivity index (χ4n) is 12.9. The molecule has 6 aliphatic carbocycles. The molecule has 0 aliphatic heterocycles. The Kier molecular flexibility index (Phi) is 15.5. The van der Waals surface area contributed by atoms with Gasteiger partial charge in [-0.25, -0.2) is 6.08 Å². The van der Waals surface area contributed by atoms with Gasteiger partial charge in [-0.2, -0.15) is 11.6 Å². The molecule has 0 bridgehead atoms. The zero-order valence-corrected chi connectivity index (χ0v) is 46.8. The molecule has 0 heterocycles. The second-order valence-corrected chi connectivity index (χ2v) is 25.2. The third-order valence-electron chi connectivity index (χ3n) is 18.3. The molecule has 9 atom stereocenters. The molecule has 6 aliphatic rings. The third kappa shape index (κ3) is 8.17. The summed E-state index contributed by atoms with van der Waals surface area (Å²) < 4.78 is 1.42. The summed E-state index contributed by atoms with van der Waals surface area (Å²) in [5.41, 5.74) is 9.37. The summed E-state index contributed by atoms with van der Waals surface area (Å²) in [4.78, 5) is 0. The van der Waals surface area contributed by atoms with Gasteiger partial charge in [0.05, 0.1) is 0 Å². The van der Waals surface area contributed by atoms with Gasteiger partial charge < -0.3 is 31.2 Å². The van der Waals surface area contributed by atoms with Gasteiger partial charge in [-0.15, -0.1) is 17.4 Å². The molecular formula is C61H80Cl2Zr-2. The van der Waals surface area contributed by atoms with Crippen LogP contribution in [0.1, 0.15) is 153 Å². The van der Waals surface area contributed by atoms with E-state index in [-0.39, 0.29) is 73.5 Å². The molecule has 344 valence electrons. The zero-order valence-electron chi connectivity index (χ0n) is 42.8. The molecule has 64 heavy (non-hydrogen) atoms.